The summed E-state index contributed by atoms with van der Waals surface area (Å²) in [5, 5.41) is 6.30. The molecule has 2 N–H and O–H groups in total. The minimum Gasteiger partial charge on any atom is -0.357 e. The van der Waals surface area contributed by atoms with E-state index in [-0.39, 0.29) is 0 Å². The molecule has 0 unspecified atom stereocenters. The maximum Gasteiger partial charge on any atom is 0.222 e. The van der Waals surface area contributed by atoms with E-state index in [1.807, 2.05) is 20.2 Å². The van der Waals surface area contributed by atoms with Crippen molar-refractivity contribution in [2.75, 3.05) is 38.5 Å². The molecule has 5 heteroatoms. The molecule has 0 spiro atoms. The third kappa shape index (κ3) is 2.68. The van der Waals surface area contributed by atoms with Gasteiger partial charge >= 0.3 is 0 Å². The normalized spacial score (nSPS) is 17.4. The Hall–Kier alpha value is -1.20. The van der Waals surface area contributed by atoms with Crippen LogP contribution in [-0.2, 0) is 6.54 Å². The van der Waals surface area contributed by atoms with Gasteiger partial charge in [-0.05, 0) is 6.92 Å². The molecule has 1 saturated heterocycles. The summed E-state index contributed by atoms with van der Waals surface area (Å²) in [5.41, 5.74) is 2.29. The van der Waals surface area contributed by atoms with Crippen molar-refractivity contribution < 1.29 is 0 Å². The summed E-state index contributed by atoms with van der Waals surface area (Å²) in [5.74, 6) is 0.696. The van der Waals surface area contributed by atoms with Gasteiger partial charge in [-0.15, -0.1) is 0 Å². The quantitative estimate of drug-likeness (QED) is 0.765. The fourth-order valence-electron chi connectivity index (χ4n) is 1.88. The molecule has 0 amide bonds. The number of rotatable bonds is 3. The Morgan fingerprint density at radius 1 is 1.44 bits per heavy atom. The molecule has 2 rings (SSSR count). The number of aryl methyl sites for hydroxylation is 1. The number of hydrogen-bond donors (Lipinski definition) is 2. The van der Waals surface area contributed by atoms with Crippen LogP contribution in [0.15, 0.2) is 6.20 Å². The maximum absolute atomic E-state index is 4.39. The van der Waals surface area contributed by atoms with Crippen LogP contribution in [0.25, 0.3) is 0 Å². The first-order chi connectivity index (χ1) is 7.79. The first-order valence-electron chi connectivity index (χ1n) is 5.73. The zero-order valence-corrected chi connectivity index (χ0v) is 9.95. The summed E-state index contributed by atoms with van der Waals surface area (Å²) in [6.45, 7) is 7.36. The number of hydrogen-bond acceptors (Lipinski definition) is 5. The summed E-state index contributed by atoms with van der Waals surface area (Å²) in [6, 6.07) is 0. The molecule has 88 valence electrons. The molecule has 1 aromatic rings. The van der Waals surface area contributed by atoms with Crippen LogP contribution in [0.4, 0.5) is 5.95 Å². The van der Waals surface area contributed by atoms with Crippen LogP contribution >= 0.6 is 0 Å². The van der Waals surface area contributed by atoms with Crippen LogP contribution in [0.3, 0.4) is 0 Å². The molecule has 0 aliphatic carbocycles. The fourth-order valence-corrected chi connectivity index (χ4v) is 1.88. The summed E-state index contributed by atoms with van der Waals surface area (Å²) >= 11 is 0. The number of anilines is 1. The van der Waals surface area contributed by atoms with Gasteiger partial charge in [-0.3, -0.25) is 4.90 Å². The Morgan fingerprint density at radius 2 is 2.19 bits per heavy atom. The Bertz CT molecular complexity index is 346. The van der Waals surface area contributed by atoms with E-state index in [0.717, 1.165) is 38.4 Å². The number of piperazine rings is 1. The van der Waals surface area contributed by atoms with Gasteiger partial charge in [0.1, 0.15) is 0 Å². The number of nitrogens with zero attached hydrogens (tertiary/aromatic N) is 3. The Labute approximate surface area is 96.3 Å². The first kappa shape index (κ1) is 11.3. The van der Waals surface area contributed by atoms with Crippen LogP contribution in [0.5, 0.6) is 0 Å². The minimum atomic E-state index is 0.696. The van der Waals surface area contributed by atoms with Gasteiger partial charge in [0.25, 0.3) is 0 Å². The standard InChI is InChI=1S/C11H19N5/c1-9-10(7-14-11(12-2)15-9)8-16-5-3-13-4-6-16/h7,13H,3-6,8H2,1-2H3,(H,12,14,15). The molecule has 0 radical (unpaired) electrons. The lowest BCUT2D eigenvalue weighted by Crippen LogP contribution is -2.43. The van der Waals surface area contributed by atoms with Crippen molar-refractivity contribution in [1.82, 2.24) is 20.2 Å². The van der Waals surface area contributed by atoms with Gasteiger partial charge in [0.05, 0.1) is 0 Å². The summed E-state index contributed by atoms with van der Waals surface area (Å²) in [4.78, 5) is 11.1. The molecule has 0 bridgehead atoms. The van der Waals surface area contributed by atoms with Gasteiger partial charge in [0.15, 0.2) is 0 Å². The molecule has 1 fully saturated rings. The Morgan fingerprint density at radius 3 is 2.81 bits per heavy atom. The first-order valence-corrected chi connectivity index (χ1v) is 5.73. The molecule has 0 aromatic carbocycles. The highest BCUT2D eigenvalue weighted by molar-refractivity contribution is 5.28. The summed E-state index contributed by atoms with van der Waals surface area (Å²) in [6.07, 6.45) is 1.93. The van der Waals surface area contributed by atoms with E-state index in [0.29, 0.717) is 5.95 Å². The fraction of sp³-hybridized carbons (Fsp3) is 0.636. The molecule has 1 aliphatic heterocycles. The van der Waals surface area contributed by atoms with Crippen LogP contribution in [-0.4, -0.2) is 48.1 Å². The highest BCUT2D eigenvalue weighted by Crippen LogP contribution is 2.10. The van der Waals surface area contributed by atoms with E-state index in [4.69, 9.17) is 0 Å². The second kappa shape index (κ2) is 5.23. The van der Waals surface area contributed by atoms with Crippen molar-refractivity contribution in [2.45, 2.75) is 13.5 Å². The minimum absolute atomic E-state index is 0.696. The zero-order chi connectivity index (χ0) is 11.4. The molecule has 0 atom stereocenters. The lowest BCUT2D eigenvalue weighted by Gasteiger charge is -2.27. The van der Waals surface area contributed by atoms with Crippen LogP contribution in [0.1, 0.15) is 11.3 Å². The van der Waals surface area contributed by atoms with Crippen molar-refractivity contribution in [3.05, 3.63) is 17.5 Å². The van der Waals surface area contributed by atoms with Gasteiger partial charge in [-0.1, -0.05) is 0 Å². The third-order valence-corrected chi connectivity index (χ3v) is 2.91. The van der Waals surface area contributed by atoms with E-state index in [2.05, 4.69) is 25.5 Å². The highest BCUT2D eigenvalue weighted by atomic mass is 15.2. The summed E-state index contributed by atoms with van der Waals surface area (Å²) in [7, 11) is 1.84. The van der Waals surface area contributed by atoms with Crippen LogP contribution in [0.2, 0.25) is 0 Å². The number of aromatic nitrogens is 2. The van der Waals surface area contributed by atoms with E-state index >= 15 is 0 Å². The average molecular weight is 221 g/mol. The van der Waals surface area contributed by atoms with Gasteiger partial charge in [0, 0.05) is 57.2 Å². The largest absolute Gasteiger partial charge is 0.357 e. The topological polar surface area (TPSA) is 53.1 Å². The highest BCUT2D eigenvalue weighted by Gasteiger charge is 2.12. The van der Waals surface area contributed by atoms with Crippen LogP contribution < -0.4 is 10.6 Å². The lowest BCUT2D eigenvalue weighted by atomic mass is 10.2. The molecular formula is C11H19N5. The Kier molecular flexibility index (Phi) is 3.69. The molecule has 2 heterocycles. The smallest absolute Gasteiger partial charge is 0.222 e. The second-order valence-electron chi connectivity index (χ2n) is 4.08. The van der Waals surface area contributed by atoms with Crippen molar-refractivity contribution in [3.8, 4) is 0 Å². The van der Waals surface area contributed by atoms with E-state index in [1.54, 1.807) is 0 Å². The molecule has 0 saturated carbocycles. The monoisotopic (exact) mass is 221 g/mol. The number of nitrogens with one attached hydrogen (secondary N) is 2. The zero-order valence-electron chi connectivity index (χ0n) is 9.95. The van der Waals surface area contributed by atoms with E-state index in [9.17, 15) is 0 Å². The predicted octanol–water partition coefficient (Wildman–Crippen LogP) is 0.232. The molecular weight excluding hydrogens is 202 g/mol. The molecule has 5 nitrogen and oxygen atoms in total. The van der Waals surface area contributed by atoms with Crippen molar-refractivity contribution in [3.63, 3.8) is 0 Å². The maximum atomic E-state index is 4.39. The van der Waals surface area contributed by atoms with E-state index in [1.165, 1.54) is 5.56 Å². The molecule has 1 aliphatic rings. The predicted molar refractivity (Wildman–Crippen MR) is 64.5 cm³/mol. The second-order valence-corrected chi connectivity index (χ2v) is 4.08. The van der Waals surface area contributed by atoms with Crippen molar-refractivity contribution in [1.29, 1.82) is 0 Å². The van der Waals surface area contributed by atoms with Gasteiger partial charge < -0.3 is 10.6 Å². The lowest BCUT2D eigenvalue weighted by molar-refractivity contribution is 0.232. The summed E-state index contributed by atoms with van der Waals surface area (Å²) < 4.78 is 0. The Balaban J connectivity index is 2.03. The van der Waals surface area contributed by atoms with Gasteiger partial charge in [-0.2, -0.15) is 0 Å². The van der Waals surface area contributed by atoms with Crippen molar-refractivity contribution >= 4 is 5.95 Å². The molecule has 16 heavy (non-hydrogen) atoms. The van der Waals surface area contributed by atoms with Crippen molar-refractivity contribution in [2.24, 2.45) is 0 Å². The molecule has 1 aromatic heterocycles. The third-order valence-electron chi connectivity index (χ3n) is 2.91. The van der Waals surface area contributed by atoms with Crippen LogP contribution in [0, 0.1) is 6.92 Å². The van der Waals surface area contributed by atoms with E-state index < -0.39 is 0 Å². The van der Waals surface area contributed by atoms with Gasteiger partial charge in [0.2, 0.25) is 5.95 Å². The average Bonchev–Trinajstić information content (AvgIpc) is 2.33. The van der Waals surface area contributed by atoms with Gasteiger partial charge in [-0.25, -0.2) is 9.97 Å². The SMILES string of the molecule is CNc1ncc(CN2CCNCC2)c(C)n1.